The van der Waals surface area contributed by atoms with Crippen LogP contribution in [0.3, 0.4) is 0 Å². The van der Waals surface area contributed by atoms with E-state index in [2.05, 4.69) is 21.2 Å². The number of nitrogens with one attached hydrogen (secondary N) is 2. The normalized spacial score (nSPS) is 11.1. The van der Waals surface area contributed by atoms with Gasteiger partial charge in [-0.3, -0.25) is 10.7 Å². The molecule has 0 atom stereocenters. The first-order chi connectivity index (χ1) is 7.20. The summed E-state index contributed by atoms with van der Waals surface area (Å²) in [7, 11) is 0. The van der Waals surface area contributed by atoms with Gasteiger partial charge in [0.25, 0.3) is 0 Å². The van der Waals surface area contributed by atoms with Crippen molar-refractivity contribution in [3.63, 3.8) is 0 Å². The number of allylic oxidation sites excluding steroid dienone is 2. The Bertz CT molecular complexity index is 268. The van der Waals surface area contributed by atoms with E-state index in [9.17, 15) is 4.79 Å². The van der Waals surface area contributed by atoms with Crippen LogP contribution in [-0.2, 0) is 4.74 Å². The predicted octanol–water partition coefficient (Wildman–Crippen LogP) is 3.81. The monoisotopic (exact) mass is 292 g/mol. The molecule has 0 heterocycles. The largest absolute Gasteiger partial charge is 0.444 e. The lowest BCUT2D eigenvalue weighted by Crippen LogP contribution is -2.31. The number of alkyl carbamates (subject to hydrolysis) is 1. The molecule has 0 bridgehead atoms. The van der Waals surface area contributed by atoms with Gasteiger partial charge < -0.3 is 4.74 Å². The van der Waals surface area contributed by atoms with Crippen LogP contribution in [0, 0.1) is 5.41 Å². The molecule has 0 unspecified atom stereocenters. The molecule has 2 N–H and O–H groups in total. The van der Waals surface area contributed by atoms with Crippen molar-refractivity contribution < 1.29 is 9.53 Å². The molecule has 1 amide bonds. The first kappa shape index (κ1) is 17.6. The van der Waals surface area contributed by atoms with Crippen LogP contribution in [0.4, 0.5) is 4.79 Å². The van der Waals surface area contributed by atoms with E-state index in [0.29, 0.717) is 5.70 Å². The number of rotatable bonds is 2. The Labute approximate surface area is 106 Å². The highest BCUT2D eigenvalue weighted by atomic mass is 79.9. The van der Waals surface area contributed by atoms with Crippen molar-refractivity contribution in [1.29, 1.82) is 5.41 Å². The van der Waals surface area contributed by atoms with Crippen LogP contribution in [0.25, 0.3) is 0 Å². The summed E-state index contributed by atoms with van der Waals surface area (Å²) >= 11 is 2.94. The first-order valence-corrected chi connectivity index (χ1v) is 5.92. The smallest absolute Gasteiger partial charge is 0.411 e. The minimum Gasteiger partial charge on any atom is -0.444 e. The molecule has 0 saturated carbocycles. The number of carbonyl (C=O) groups excluding carboxylic acids is 1. The number of hydrogen-bond donors (Lipinski definition) is 2. The molecule has 0 spiro atoms. The summed E-state index contributed by atoms with van der Waals surface area (Å²) < 4.78 is 5.21. The molecule has 0 rings (SSSR count). The average Bonchev–Trinajstić information content (AvgIpc) is 2.01. The van der Waals surface area contributed by atoms with E-state index in [0.717, 1.165) is 0 Å². The maximum Gasteiger partial charge on any atom is 0.411 e. The van der Waals surface area contributed by atoms with Crippen molar-refractivity contribution in [1.82, 2.24) is 5.32 Å². The van der Waals surface area contributed by atoms with Crippen LogP contribution >= 0.6 is 15.9 Å². The van der Waals surface area contributed by atoms with Gasteiger partial charge in [0.15, 0.2) is 0 Å². The van der Waals surface area contributed by atoms with E-state index < -0.39 is 11.7 Å². The Hall–Kier alpha value is -0.840. The molecule has 0 aromatic carbocycles. The fourth-order valence-electron chi connectivity index (χ4n) is 0.691. The fourth-order valence-corrected chi connectivity index (χ4v) is 1.03. The van der Waals surface area contributed by atoms with Crippen molar-refractivity contribution in [2.75, 3.05) is 0 Å². The Balaban J connectivity index is 0. The summed E-state index contributed by atoms with van der Waals surface area (Å²) in [5.41, 5.74) is 0.0489. The van der Waals surface area contributed by atoms with Crippen LogP contribution < -0.4 is 5.32 Å². The Kier molecular flexibility index (Phi) is 9.14. The minimum atomic E-state index is -0.514. The van der Waals surface area contributed by atoms with Gasteiger partial charge in [-0.2, -0.15) is 0 Å². The fraction of sp³-hybridized carbons (Fsp3) is 0.636. The maximum absolute atomic E-state index is 11.2. The molecule has 0 aliphatic carbocycles. The van der Waals surface area contributed by atoms with Crippen LogP contribution in [0.2, 0.25) is 0 Å². The van der Waals surface area contributed by atoms with Crippen LogP contribution in [0.5, 0.6) is 0 Å². The standard InChI is InChI=1S/C9H15BrN2O2.C2H6/c1-6(5-7(10)11)12-8(13)14-9(2,3)4;1-2/h5,11H,1-4H3,(H,12,13);1-2H3/b6-5-,11-7?;. The van der Waals surface area contributed by atoms with Crippen molar-refractivity contribution >= 4 is 26.6 Å². The lowest BCUT2D eigenvalue weighted by Gasteiger charge is -2.19. The second kappa shape index (κ2) is 8.33. The molecule has 0 aliphatic rings. The van der Waals surface area contributed by atoms with Gasteiger partial charge in [-0.25, -0.2) is 4.79 Å². The average molecular weight is 293 g/mol. The van der Waals surface area contributed by atoms with Gasteiger partial charge >= 0.3 is 6.09 Å². The number of carbonyl (C=O) groups is 1. The third-order valence-corrected chi connectivity index (χ3v) is 1.27. The first-order valence-electron chi connectivity index (χ1n) is 5.13. The van der Waals surface area contributed by atoms with Gasteiger partial charge in [0.2, 0.25) is 0 Å². The summed E-state index contributed by atoms with van der Waals surface area (Å²) in [5.74, 6) is 0. The number of amides is 1. The molecule has 16 heavy (non-hydrogen) atoms. The number of ether oxygens (including phenoxy) is 1. The van der Waals surface area contributed by atoms with Crippen LogP contribution in [0.1, 0.15) is 41.5 Å². The van der Waals surface area contributed by atoms with E-state index in [-0.39, 0.29) is 4.62 Å². The van der Waals surface area contributed by atoms with E-state index in [1.54, 1.807) is 27.7 Å². The van der Waals surface area contributed by atoms with E-state index >= 15 is 0 Å². The Morgan fingerprint density at radius 1 is 1.38 bits per heavy atom. The highest BCUT2D eigenvalue weighted by Crippen LogP contribution is 2.07. The summed E-state index contributed by atoms with van der Waals surface area (Å²) in [6.07, 6.45) is 0.962. The van der Waals surface area contributed by atoms with Crippen LogP contribution in [0.15, 0.2) is 11.8 Å². The topological polar surface area (TPSA) is 62.2 Å². The molecule has 4 nitrogen and oxygen atoms in total. The van der Waals surface area contributed by atoms with Crippen molar-refractivity contribution in [3.8, 4) is 0 Å². The van der Waals surface area contributed by atoms with Gasteiger partial charge in [-0.05, 0) is 49.7 Å². The van der Waals surface area contributed by atoms with E-state index in [1.165, 1.54) is 6.08 Å². The van der Waals surface area contributed by atoms with Crippen LogP contribution in [-0.4, -0.2) is 16.3 Å². The molecular weight excluding hydrogens is 272 g/mol. The summed E-state index contributed by atoms with van der Waals surface area (Å²) in [5, 5.41) is 9.59. The van der Waals surface area contributed by atoms with Gasteiger partial charge in [0.1, 0.15) is 5.60 Å². The summed E-state index contributed by atoms with van der Waals surface area (Å²) in [6.45, 7) is 11.0. The zero-order chi connectivity index (χ0) is 13.4. The Morgan fingerprint density at radius 2 is 1.81 bits per heavy atom. The lowest BCUT2D eigenvalue weighted by molar-refractivity contribution is 0.0546. The summed E-state index contributed by atoms with van der Waals surface area (Å²) in [4.78, 5) is 11.2. The van der Waals surface area contributed by atoms with Gasteiger partial charge in [-0.1, -0.05) is 13.8 Å². The third kappa shape index (κ3) is 13.2. The van der Waals surface area contributed by atoms with Crippen molar-refractivity contribution in [2.45, 2.75) is 47.1 Å². The lowest BCUT2D eigenvalue weighted by atomic mass is 10.2. The molecule has 0 aliphatic heterocycles. The molecule has 0 fully saturated rings. The van der Waals surface area contributed by atoms with E-state index in [4.69, 9.17) is 10.1 Å². The highest BCUT2D eigenvalue weighted by molar-refractivity contribution is 9.18. The number of halogens is 1. The maximum atomic E-state index is 11.2. The quantitative estimate of drug-likeness (QED) is 0.760. The molecular formula is C11H21BrN2O2. The third-order valence-electron chi connectivity index (χ3n) is 1.04. The molecule has 0 saturated heterocycles. The highest BCUT2D eigenvalue weighted by Gasteiger charge is 2.15. The molecule has 0 radical (unpaired) electrons. The second-order valence-electron chi connectivity index (χ2n) is 3.80. The number of hydrogen-bond acceptors (Lipinski definition) is 3. The molecule has 0 aromatic rings. The molecule has 5 heteroatoms. The summed E-state index contributed by atoms with van der Waals surface area (Å²) in [6, 6.07) is 0. The Morgan fingerprint density at radius 3 is 2.12 bits per heavy atom. The minimum absolute atomic E-state index is 0.200. The van der Waals surface area contributed by atoms with Gasteiger partial charge in [0.05, 0.1) is 4.62 Å². The van der Waals surface area contributed by atoms with E-state index in [1.807, 2.05) is 13.8 Å². The molecule has 94 valence electrons. The zero-order valence-corrected chi connectivity index (χ0v) is 12.4. The van der Waals surface area contributed by atoms with Crippen molar-refractivity contribution in [2.24, 2.45) is 0 Å². The van der Waals surface area contributed by atoms with Gasteiger partial charge in [-0.15, -0.1) is 0 Å². The van der Waals surface area contributed by atoms with Gasteiger partial charge in [0, 0.05) is 5.70 Å². The van der Waals surface area contributed by atoms with Crippen molar-refractivity contribution in [3.05, 3.63) is 11.8 Å². The molecule has 0 aromatic heterocycles. The second-order valence-corrected chi connectivity index (χ2v) is 4.66. The SMILES string of the molecule is C/C(=C/C(=N)Br)NC(=O)OC(C)(C)C.CC. The zero-order valence-electron chi connectivity index (χ0n) is 10.8. The predicted molar refractivity (Wildman–Crippen MR) is 71.1 cm³/mol.